The van der Waals surface area contributed by atoms with Crippen molar-refractivity contribution in [1.29, 1.82) is 0 Å². The lowest BCUT2D eigenvalue weighted by Crippen LogP contribution is -2.37. The van der Waals surface area contributed by atoms with Crippen LogP contribution in [0.25, 0.3) is 21.6 Å². The lowest BCUT2D eigenvalue weighted by molar-refractivity contribution is -0.121. The Bertz CT molecular complexity index is 1200. The lowest BCUT2D eigenvalue weighted by Gasteiger charge is -2.17. The molecule has 7 nitrogen and oxygen atoms in total. The fourth-order valence-electron chi connectivity index (χ4n) is 3.90. The molecule has 0 fully saturated rings. The van der Waals surface area contributed by atoms with Crippen LogP contribution < -0.4 is 10.6 Å². The van der Waals surface area contributed by atoms with Crippen LogP contribution in [0.15, 0.2) is 47.3 Å². The highest BCUT2D eigenvalue weighted by Gasteiger charge is 2.23. The van der Waals surface area contributed by atoms with E-state index in [9.17, 15) is 4.79 Å². The van der Waals surface area contributed by atoms with E-state index in [4.69, 9.17) is 14.4 Å². The van der Waals surface area contributed by atoms with Crippen LogP contribution in [0.4, 0.5) is 5.82 Å². The van der Waals surface area contributed by atoms with Crippen molar-refractivity contribution in [2.45, 2.75) is 45.2 Å². The normalized spacial score (nSPS) is 14.2. The Labute approximate surface area is 183 Å². The standard InChI is InChI=1S/C23H23N5O2S/c1-14(22(29)25-13-16-7-5-11-30-16)26-21-19-17-8-2-3-9-18(17)31-23(19)28-20(27-21)15-6-4-10-24-12-15/h4-7,10-12,14H,2-3,8-9,13H2,1H3,(H,25,29)(H,26,27,28). The summed E-state index contributed by atoms with van der Waals surface area (Å²) < 4.78 is 5.30. The number of nitrogens with zero attached hydrogens (tertiary/aromatic N) is 3. The van der Waals surface area contributed by atoms with E-state index < -0.39 is 6.04 Å². The molecule has 0 radical (unpaired) electrons. The molecule has 1 atom stereocenters. The number of hydrogen-bond acceptors (Lipinski definition) is 7. The Morgan fingerprint density at radius 1 is 1.23 bits per heavy atom. The molecule has 0 bridgehead atoms. The van der Waals surface area contributed by atoms with Crippen LogP contribution in [-0.2, 0) is 24.2 Å². The van der Waals surface area contributed by atoms with Gasteiger partial charge in [0.2, 0.25) is 5.91 Å². The van der Waals surface area contributed by atoms with Crippen molar-refractivity contribution >= 4 is 33.3 Å². The maximum absolute atomic E-state index is 12.7. The molecule has 5 rings (SSSR count). The molecule has 2 N–H and O–H groups in total. The van der Waals surface area contributed by atoms with Crippen LogP contribution in [0, 0.1) is 0 Å². The third-order valence-corrected chi connectivity index (χ3v) is 6.68. The van der Waals surface area contributed by atoms with Gasteiger partial charge in [-0.3, -0.25) is 9.78 Å². The van der Waals surface area contributed by atoms with Gasteiger partial charge in [-0.1, -0.05) is 0 Å². The summed E-state index contributed by atoms with van der Waals surface area (Å²) in [4.78, 5) is 28.9. The van der Waals surface area contributed by atoms with Gasteiger partial charge in [0.15, 0.2) is 5.82 Å². The fraction of sp³-hybridized carbons (Fsp3) is 0.304. The second-order valence-electron chi connectivity index (χ2n) is 7.69. The van der Waals surface area contributed by atoms with Crippen molar-refractivity contribution in [2.24, 2.45) is 0 Å². The number of thiophene rings is 1. The van der Waals surface area contributed by atoms with Crippen molar-refractivity contribution in [1.82, 2.24) is 20.3 Å². The SMILES string of the molecule is CC(Nc1nc(-c2cccnc2)nc2sc3c(c12)CCCC3)C(=O)NCc1ccco1. The van der Waals surface area contributed by atoms with Gasteiger partial charge in [0.05, 0.1) is 18.2 Å². The number of amides is 1. The second kappa shape index (κ2) is 8.47. The number of anilines is 1. The van der Waals surface area contributed by atoms with Crippen LogP contribution in [-0.4, -0.2) is 26.9 Å². The summed E-state index contributed by atoms with van der Waals surface area (Å²) in [7, 11) is 0. The highest BCUT2D eigenvalue weighted by molar-refractivity contribution is 7.19. The molecule has 158 valence electrons. The van der Waals surface area contributed by atoms with E-state index in [-0.39, 0.29) is 5.91 Å². The van der Waals surface area contributed by atoms with Gasteiger partial charge in [-0.15, -0.1) is 11.3 Å². The van der Waals surface area contributed by atoms with E-state index in [2.05, 4.69) is 15.6 Å². The third-order valence-electron chi connectivity index (χ3n) is 5.50. The molecule has 1 unspecified atom stereocenters. The van der Waals surface area contributed by atoms with Crippen molar-refractivity contribution in [3.63, 3.8) is 0 Å². The van der Waals surface area contributed by atoms with Gasteiger partial charge >= 0.3 is 0 Å². The van der Waals surface area contributed by atoms with Crippen LogP contribution in [0.3, 0.4) is 0 Å². The summed E-state index contributed by atoms with van der Waals surface area (Å²) in [5, 5.41) is 7.32. The number of aromatic nitrogens is 3. The average Bonchev–Trinajstić information content (AvgIpc) is 3.45. The molecule has 4 aromatic heterocycles. The number of aryl methyl sites for hydroxylation is 2. The summed E-state index contributed by atoms with van der Waals surface area (Å²) in [6.07, 6.45) is 9.57. The summed E-state index contributed by atoms with van der Waals surface area (Å²) >= 11 is 1.74. The number of pyridine rings is 1. The highest BCUT2D eigenvalue weighted by atomic mass is 32.1. The summed E-state index contributed by atoms with van der Waals surface area (Å²) in [6.45, 7) is 2.19. The number of fused-ring (bicyclic) bond motifs is 3. The Balaban J connectivity index is 1.48. The monoisotopic (exact) mass is 433 g/mol. The minimum atomic E-state index is -0.464. The van der Waals surface area contributed by atoms with Crippen molar-refractivity contribution in [3.05, 3.63) is 59.1 Å². The molecule has 4 heterocycles. The lowest BCUT2D eigenvalue weighted by atomic mass is 9.97. The zero-order valence-corrected chi connectivity index (χ0v) is 18.0. The second-order valence-corrected chi connectivity index (χ2v) is 8.78. The Kier molecular flexibility index (Phi) is 5.38. The predicted octanol–water partition coefficient (Wildman–Crippen LogP) is 4.34. The quantitative estimate of drug-likeness (QED) is 0.470. The van der Waals surface area contributed by atoms with Crippen molar-refractivity contribution in [3.8, 4) is 11.4 Å². The molecular formula is C23H23N5O2S. The number of furan rings is 1. The maximum Gasteiger partial charge on any atom is 0.242 e. The van der Waals surface area contributed by atoms with E-state index in [0.29, 0.717) is 18.2 Å². The Morgan fingerprint density at radius 3 is 2.94 bits per heavy atom. The summed E-state index contributed by atoms with van der Waals surface area (Å²) in [6, 6.07) is 7.00. The number of carbonyl (C=O) groups excluding carboxylic acids is 1. The molecule has 8 heteroatoms. The molecule has 4 aromatic rings. The Hall–Kier alpha value is -3.26. The molecule has 0 aliphatic heterocycles. The first kappa shape index (κ1) is 19.7. The van der Waals surface area contributed by atoms with Crippen LogP contribution in [0.5, 0.6) is 0 Å². The first-order valence-corrected chi connectivity index (χ1v) is 11.3. The third kappa shape index (κ3) is 4.03. The summed E-state index contributed by atoms with van der Waals surface area (Å²) in [5.74, 6) is 1.93. The minimum Gasteiger partial charge on any atom is -0.467 e. The molecule has 1 aliphatic rings. The molecule has 0 saturated carbocycles. The van der Waals surface area contributed by atoms with Gasteiger partial charge in [-0.25, -0.2) is 9.97 Å². The Morgan fingerprint density at radius 2 is 2.13 bits per heavy atom. The van der Waals surface area contributed by atoms with Gasteiger partial charge in [0, 0.05) is 22.8 Å². The van der Waals surface area contributed by atoms with Crippen LogP contribution in [0.1, 0.15) is 36.0 Å². The number of nitrogens with one attached hydrogen (secondary N) is 2. The van der Waals surface area contributed by atoms with Gasteiger partial charge in [-0.2, -0.15) is 0 Å². The van der Waals surface area contributed by atoms with Crippen molar-refractivity contribution in [2.75, 3.05) is 5.32 Å². The van der Waals surface area contributed by atoms with Gasteiger partial charge in [-0.05, 0) is 62.4 Å². The molecule has 1 aliphatic carbocycles. The van der Waals surface area contributed by atoms with E-state index >= 15 is 0 Å². The maximum atomic E-state index is 12.7. The van der Waals surface area contributed by atoms with Gasteiger partial charge in [0.1, 0.15) is 22.5 Å². The predicted molar refractivity (Wildman–Crippen MR) is 121 cm³/mol. The zero-order chi connectivity index (χ0) is 21.2. The van der Waals surface area contributed by atoms with E-state index in [1.54, 1.807) is 36.1 Å². The largest absolute Gasteiger partial charge is 0.467 e. The molecule has 1 amide bonds. The first-order chi connectivity index (χ1) is 15.2. The van der Waals surface area contributed by atoms with Gasteiger partial charge in [0.25, 0.3) is 0 Å². The smallest absolute Gasteiger partial charge is 0.242 e. The molecular weight excluding hydrogens is 410 g/mol. The highest BCUT2D eigenvalue weighted by Crippen LogP contribution is 2.39. The number of rotatable bonds is 6. The molecule has 0 saturated heterocycles. The zero-order valence-electron chi connectivity index (χ0n) is 17.2. The van der Waals surface area contributed by atoms with Crippen LogP contribution in [0.2, 0.25) is 0 Å². The molecule has 0 spiro atoms. The number of carbonyl (C=O) groups is 1. The van der Waals surface area contributed by atoms with Crippen LogP contribution >= 0.6 is 11.3 Å². The molecule has 0 aromatic carbocycles. The van der Waals surface area contributed by atoms with E-state index in [1.165, 1.54) is 23.3 Å². The van der Waals surface area contributed by atoms with E-state index in [0.717, 1.165) is 34.4 Å². The van der Waals surface area contributed by atoms with Gasteiger partial charge < -0.3 is 15.1 Å². The van der Waals surface area contributed by atoms with Crippen molar-refractivity contribution < 1.29 is 9.21 Å². The first-order valence-electron chi connectivity index (χ1n) is 10.5. The minimum absolute atomic E-state index is 0.116. The average molecular weight is 434 g/mol. The van der Waals surface area contributed by atoms with E-state index in [1.807, 2.05) is 25.1 Å². The topological polar surface area (TPSA) is 92.9 Å². The summed E-state index contributed by atoms with van der Waals surface area (Å²) in [5.41, 5.74) is 2.18. The number of hydrogen-bond donors (Lipinski definition) is 2. The fourth-order valence-corrected chi connectivity index (χ4v) is 5.16. The molecule has 31 heavy (non-hydrogen) atoms.